The van der Waals surface area contributed by atoms with E-state index in [-0.39, 0.29) is 29.2 Å². The predicted molar refractivity (Wildman–Crippen MR) is 192 cm³/mol. The summed E-state index contributed by atoms with van der Waals surface area (Å²) in [5.74, 6) is 2.20. The second-order valence-corrected chi connectivity index (χ2v) is 15.1. The lowest BCUT2D eigenvalue weighted by Gasteiger charge is -2.53. The van der Waals surface area contributed by atoms with E-state index in [1.165, 1.54) is 63.0 Å². The Kier molecular flexibility index (Phi) is 13.1. The molecule has 0 N–H and O–H groups in total. The minimum Gasteiger partial charge on any atom is -0.462 e. The van der Waals surface area contributed by atoms with E-state index < -0.39 is 0 Å². The van der Waals surface area contributed by atoms with Gasteiger partial charge in [-0.25, -0.2) is 4.79 Å². The molecule has 2 aromatic rings. The number of hydrogen-bond donors (Lipinski definition) is 0. The number of ether oxygens (including phenoxy) is 2. The normalized spacial score (nSPS) is 26.0. The fraction of sp³-hybridized carbons (Fsp3) is 0.605. The molecule has 0 bridgehead atoms. The predicted octanol–water partition coefficient (Wildman–Crippen LogP) is 10.7. The quantitative estimate of drug-likeness (QED) is 0.0735. The van der Waals surface area contributed by atoms with E-state index in [4.69, 9.17) is 9.47 Å². The average molecular weight is 655 g/mol. The Morgan fingerprint density at radius 1 is 0.896 bits per heavy atom. The molecule has 0 spiro atoms. The zero-order valence-electron chi connectivity index (χ0n) is 29.7. The maximum Gasteiger partial charge on any atom is 0.343 e. The highest BCUT2D eigenvalue weighted by atomic mass is 16.5. The Hall–Kier alpha value is -3.21. The Labute approximate surface area is 289 Å². The third-order valence-corrected chi connectivity index (χ3v) is 11.8. The zero-order valence-corrected chi connectivity index (χ0v) is 29.7. The van der Waals surface area contributed by atoms with Crippen molar-refractivity contribution in [3.63, 3.8) is 0 Å². The Morgan fingerprint density at radius 2 is 1.62 bits per heavy atom. The molecule has 2 saturated carbocycles. The number of ketones is 1. The fourth-order valence-corrected chi connectivity index (χ4v) is 9.42. The van der Waals surface area contributed by atoms with Crippen LogP contribution in [0, 0.1) is 23.2 Å². The summed E-state index contributed by atoms with van der Waals surface area (Å²) in [6, 6.07) is 15.4. The van der Waals surface area contributed by atoms with Gasteiger partial charge in [0.15, 0.2) is 5.78 Å². The number of carbonyl (C=O) groups excluding carboxylic acids is 3. The molecule has 0 aliphatic heterocycles. The van der Waals surface area contributed by atoms with E-state index in [1.54, 1.807) is 12.1 Å². The summed E-state index contributed by atoms with van der Waals surface area (Å²) in [4.78, 5) is 37.5. The minimum atomic E-state index is -0.339. The van der Waals surface area contributed by atoms with Gasteiger partial charge in [-0.3, -0.25) is 9.59 Å². The maximum atomic E-state index is 12.8. The van der Waals surface area contributed by atoms with Crippen molar-refractivity contribution in [2.24, 2.45) is 23.2 Å². The van der Waals surface area contributed by atoms with Crippen molar-refractivity contribution >= 4 is 17.7 Å². The summed E-state index contributed by atoms with van der Waals surface area (Å²) in [6.45, 7) is 6.15. The highest BCUT2D eigenvalue weighted by Gasteiger charge is 2.58. The van der Waals surface area contributed by atoms with Crippen molar-refractivity contribution in [1.29, 1.82) is 0 Å². The van der Waals surface area contributed by atoms with Crippen LogP contribution in [-0.2, 0) is 20.7 Å². The third kappa shape index (κ3) is 9.07. The van der Waals surface area contributed by atoms with E-state index in [0.29, 0.717) is 41.4 Å². The first-order valence-corrected chi connectivity index (χ1v) is 19.1. The number of rotatable bonds is 17. The van der Waals surface area contributed by atoms with Gasteiger partial charge in [-0.05, 0) is 117 Å². The molecule has 0 saturated heterocycles. The van der Waals surface area contributed by atoms with Crippen LogP contribution in [0.25, 0.3) is 0 Å². The summed E-state index contributed by atoms with van der Waals surface area (Å²) in [7, 11) is 0. The minimum absolute atomic E-state index is 0.00490. The fourth-order valence-electron chi connectivity index (χ4n) is 9.42. The number of allylic oxidation sites excluding steroid dienone is 2. The first-order chi connectivity index (χ1) is 23.3. The van der Waals surface area contributed by atoms with Gasteiger partial charge in [0.2, 0.25) is 0 Å². The van der Waals surface area contributed by atoms with Crippen LogP contribution < -0.4 is 4.74 Å². The van der Waals surface area contributed by atoms with Gasteiger partial charge in [0, 0.05) is 18.8 Å². The van der Waals surface area contributed by atoms with Gasteiger partial charge in [-0.1, -0.05) is 95.6 Å². The molecular weight excluding hydrogens is 596 g/mol. The van der Waals surface area contributed by atoms with Crippen molar-refractivity contribution in [3.8, 4) is 5.75 Å². The van der Waals surface area contributed by atoms with E-state index in [1.807, 2.05) is 30.3 Å². The van der Waals surface area contributed by atoms with Gasteiger partial charge in [-0.15, -0.1) is 0 Å². The molecule has 0 aromatic heterocycles. The number of benzene rings is 2. The molecule has 0 unspecified atom stereocenters. The largest absolute Gasteiger partial charge is 0.462 e. The van der Waals surface area contributed by atoms with Gasteiger partial charge in [-0.2, -0.15) is 0 Å². The number of hydrogen-bond acceptors (Lipinski definition) is 5. The van der Waals surface area contributed by atoms with Crippen LogP contribution in [0.2, 0.25) is 0 Å². The molecule has 5 rings (SSSR count). The first-order valence-electron chi connectivity index (χ1n) is 19.1. The molecule has 260 valence electrons. The zero-order chi connectivity index (χ0) is 33.9. The van der Waals surface area contributed by atoms with Crippen LogP contribution in [-0.4, -0.2) is 23.8 Å². The van der Waals surface area contributed by atoms with E-state index >= 15 is 0 Å². The summed E-state index contributed by atoms with van der Waals surface area (Å²) >= 11 is 0. The second-order valence-electron chi connectivity index (χ2n) is 15.1. The molecule has 2 aromatic carbocycles. The van der Waals surface area contributed by atoms with Gasteiger partial charge in [0.25, 0.3) is 0 Å². The number of fused-ring (bicyclic) bond motifs is 5. The highest BCUT2D eigenvalue weighted by molar-refractivity contribution is 5.91. The van der Waals surface area contributed by atoms with Crippen molar-refractivity contribution in [2.75, 3.05) is 0 Å². The lowest BCUT2D eigenvalue weighted by Crippen LogP contribution is -2.48. The molecule has 6 atom stereocenters. The average Bonchev–Trinajstić information content (AvgIpc) is 3.41. The lowest BCUT2D eigenvalue weighted by molar-refractivity contribution is -0.155. The maximum absolute atomic E-state index is 12.8. The van der Waals surface area contributed by atoms with Crippen molar-refractivity contribution in [3.05, 3.63) is 77.4 Å². The van der Waals surface area contributed by atoms with Crippen molar-refractivity contribution in [1.82, 2.24) is 0 Å². The van der Waals surface area contributed by atoms with Crippen molar-refractivity contribution in [2.45, 2.75) is 142 Å². The number of esters is 2. The standard InChI is InChI=1S/C43H58O5/c1-4-5-6-7-8-9-10-11-15-21-35(45)22-17-16-20-33-29-34-30-36(48-42(46)32-18-13-12-14-19-32)23-24-37(34)38-27-28-43(3)39(41(33)38)25-26-40(43)47-31(2)44/h12-14,17-19,22-24,30,33,38-41H,4-11,15-16,20-21,25-29H2,1-3H3/b22-17+/t33-,38-,39+,40+,41-,43+/m1/s1. The molecule has 0 amide bonds. The number of carbonyl (C=O) groups is 3. The topological polar surface area (TPSA) is 69.7 Å². The van der Waals surface area contributed by atoms with Gasteiger partial charge in [0.05, 0.1) is 5.56 Å². The Balaban J connectivity index is 1.22. The van der Waals surface area contributed by atoms with Crippen LogP contribution in [0.1, 0.15) is 151 Å². The smallest absolute Gasteiger partial charge is 0.343 e. The summed E-state index contributed by atoms with van der Waals surface area (Å²) in [6.07, 6.45) is 22.9. The molecule has 5 heteroatoms. The van der Waals surface area contributed by atoms with Crippen LogP contribution >= 0.6 is 0 Å². The Morgan fingerprint density at radius 3 is 2.35 bits per heavy atom. The number of unbranched alkanes of at least 4 members (excludes halogenated alkanes) is 8. The molecule has 0 heterocycles. The van der Waals surface area contributed by atoms with E-state index in [0.717, 1.165) is 57.8 Å². The molecule has 3 aliphatic rings. The lowest BCUT2D eigenvalue weighted by atomic mass is 9.52. The van der Waals surface area contributed by atoms with Crippen LogP contribution in [0.15, 0.2) is 60.7 Å². The van der Waals surface area contributed by atoms with Crippen molar-refractivity contribution < 1.29 is 23.9 Å². The van der Waals surface area contributed by atoms with E-state index in [9.17, 15) is 14.4 Å². The van der Waals surface area contributed by atoms with Crippen LogP contribution in [0.4, 0.5) is 0 Å². The van der Waals surface area contributed by atoms with Gasteiger partial charge >= 0.3 is 11.9 Å². The third-order valence-electron chi connectivity index (χ3n) is 11.8. The molecule has 0 radical (unpaired) electrons. The van der Waals surface area contributed by atoms with Gasteiger partial charge in [0.1, 0.15) is 11.9 Å². The highest BCUT2D eigenvalue weighted by Crippen LogP contribution is 2.63. The first kappa shape index (κ1) is 36.1. The molecule has 5 nitrogen and oxygen atoms in total. The molecule has 48 heavy (non-hydrogen) atoms. The second kappa shape index (κ2) is 17.4. The van der Waals surface area contributed by atoms with E-state index in [2.05, 4.69) is 32.1 Å². The monoisotopic (exact) mass is 654 g/mol. The Bertz CT molecular complexity index is 1400. The van der Waals surface area contributed by atoms with Crippen LogP contribution in [0.5, 0.6) is 5.75 Å². The SMILES string of the molecule is CCCCCCCCCCCC(=O)/C=C/CC[C@@H]1Cc2cc(OC(=O)c3ccccc3)ccc2[C@H]2CC[C@]3(C)[C@@H](OC(C)=O)CC[C@H]3[C@H]12. The summed E-state index contributed by atoms with van der Waals surface area (Å²) < 4.78 is 11.8. The summed E-state index contributed by atoms with van der Waals surface area (Å²) in [5, 5.41) is 0. The van der Waals surface area contributed by atoms with Crippen LogP contribution in [0.3, 0.4) is 0 Å². The van der Waals surface area contributed by atoms with Gasteiger partial charge < -0.3 is 9.47 Å². The molecule has 2 fully saturated rings. The molecule has 3 aliphatic carbocycles. The molecular formula is C43H58O5. The summed E-state index contributed by atoms with van der Waals surface area (Å²) in [5.41, 5.74) is 3.21.